The molecular weight excluding hydrogens is 347 g/mol. The van der Waals surface area contributed by atoms with E-state index < -0.39 is 5.82 Å². The molecule has 1 saturated heterocycles. The number of carbonyl (C=O) groups excluding carboxylic acids is 1. The predicted molar refractivity (Wildman–Crippen MR) is 96.1 cm³/mol. The van der Waals surface area contributed by atoms with Crippen LogP contribution in [0.1, 0.15) is 23.2 Å². The summed E-state index contributed by atoms with van der Waals surface area (Å²) in [6.45, 7) is 1.76. The third-order valence-corrected chi connectivity index (χ3v) is 4.72. The van der Waals surface area contributed by atoms with Gasteiger partial charge in [0.05, 0.1) is 12.1 Å². The van der Waals surface area contributed by atoms with E-state index in [0.29, 0.717) is 25.5 Å². The average Bonchev–Trinajstić information content (AvgIpc) is 3.17. The Balaban J connectivity index is 1.43. The van der Waals surface area contributed by atoms with E-state index in [0.717, 1.165) is 18.4 Å². The minimum Gasteiger partial charge on any atom is -0.338 e. The van der Waals surface area contributed by atoms with Gasteiger partial charge in [0.15, 0.2) is 0 Å². The first-order valence-electron chi connectivity index (χ1n) is 8.93. The number of hydrogen-bond acceptors (Lipinski definition) is 5. The molecule has 27 heavy (non-hydrogen) atoms. The van der Waals surface area contributed by atoms with Gasteiger partial charge in [0.25, 0.3) is 5.91 Å². The first-order valence-corrected chi connectivity index (χ1v) is 8.93. The third kappa shape index (κ3) is 3.84. The van der Waals surface area contributed by atoms with Crippen LogP contribution in [-0.2, 0) is 6.54 Å². The van der Waals surface area contributed by atoms with Gasteiger partial charge in [0, 0.05) is 31.0 Å². The number of amides is 1. The Labute approximate surface area is 155 Å². The maximum atomic E-state index is 13.9. The fourth-order valence-electron chi connectivity index (χ4n) is 3.37. The second-order valence-corrected chi connectivity index (χ2v) is 6.64. The highest BCUT2D eigenvalue weighted by Gasteiger charge is 2.26. The van der Waals surface area contributed by atoms with Crippen molar-refractivity contribution in [2.75, 3.05) is 13.1 Å². The van der Waals surface area contributed by atoms with Crippen molar-refractivity contribution < 1.29 is 9.18 Å². The van der Waals surface area contributed by atoms with Gasteiger partial charge in [-0.3, -0.25) is 9.78 Å². The number of halogens is 1. The molecule has 1 fully saturated rings. The van der Waals surface area contributed by atoms with Gasteiger partial charge in [-0.25, -0.2) is 4.39 Å². The van der Waals surface area contributed by atoms with Gasteiger partial charge in [-0.2, -0.15) is 4.80 Å². The van der Waals surface area contributed by atoms with E-state index in [2.05, 4.69) is 20.4 Å². The fourth-order valence-corrected chi connectivity index (χ4v) is 3.37. The summed E-state index contributed by atoms with van der Waals surface area (Å²) < 4.78 is 13.9. The first kappa shape index (κ1) is 17.3. The van der Waals surface area contributed by atoms with Crippen LogP contribution in [0.25, 0.3) is 11.4 Å². The molecule has 0 unspecified atom stereocenters. The number of aromatic nitrogens is 5. The number of rotatable bonds is 4. The molecule has 0 aliphatic carbocycles. The Hall–Kier alpha value is -3.16. The molecule has 1 aromatic carbocycles. The first-order chi connectivity index (χ1) is 13.2. The van der Waals surface area contributed by atoms with Gasteiger partial charge in [-0.1, -0.05) is 12.1 Å². The number of tetrazole rings is 1. The lowest BCUT2D eigenvalue weighted by atomic mass is 9.97. The molecule has 3 heterocycles. The van der Waals surface area contributed by atoms with Gasteiger partial charge in [-0.15, -0.1) is 10.2 Å². The lowest BCUT2D eigenvalue weighted by Crippen LogP contribution is -2.41. The van der Waals surface area contributed by atoms with Crippen molar-refractivity contribution in [2.45, 2.75) is 19.4 Å². The van der Waals surface area contributed by atoms with Crippen LogP contribution < -0.4 is 0 Å². The largest absolute Gasteiger partial charge is 0.338 e. The van der Waals surface area contributed by atoms with E-state index in [-0.39, 0.29) is 17.4 Å². The van der Waals surface area contributed by atoms with Crippen LogP contribution in [0.3, 0.4) is 0 Å². The van der Waals surface area contributed by atoms with Crippen LogP contribution in [-0.4, -0.2) is 49.1 Å². The molecule has 7 nitrogen and oxygen atoms in total. The zero-order valence-corrected chi connectivity index (χ0v) is 14.7. The molecule has 8 heteroatoms. The summed E-state index contributed by atoms with van der Waals surface area (Å²) >= 11 is 0. The van der Waals surface area contributed by atoms with Crippen molar-refractivity contribution in [3.05, 3.63) is 60.2 Å². The van der Waals surface area contributed by atoms with Crippen LogP contribution in [0.4, 0.5) is 4.39 Å². The maximum absolute atomic E-state index is 13.9. The second kappa shape index (κ2) is 7.61. The predicted octanol–water partition coefficient (Wildman–Crippen LogP) is 2.43. The second-order valence-electron chi connectivity index (χ2n) is 6.64. The summed E-state index contributed by atoms with van der Waals surface area (Å²) in [7, 11) is 0. The molecule has 0 saturated carbocycles. The molecule has 2 aromatic heterocycles. The number of benzene rings is 1. The lowest BCUT2D eigenvalue weighted by molar-refractivity contribution is 0.0651. The summed E-state index contributed by atoms with van der Waals surface area (Å²) in [6.07, 6.45) is 5.21. The van der Waals surface area contributed by atoms with Crippen molar-refractivity contribution >= 4 is 5.91 Å². The number of pyridine rings is 1. The summed E-state index contributed by atoms with van der Waals surface area (Å²) in [5.74, 6) is 0.00726. The molecule has 3 aromatic rings. The van der Waals surface area contributed by atoms with Crippen LogP contribution in [0.2, 0.25) is 0 Å². The Morgan fingerprint density at radius 3 is 2.81 bits per heavy atom. The summed E-state index contributed by atoms with van der Waals surface area (Å²) in [5.41, 5.74) is 0.980. The summed E-state index contributed by atoms with van der Waals surface area (Å²) in [6, 6.07) is 9.77. The Bertz CT molecular complexity index is 929. The highest BCUT2D eigenvalue weighted by atomic mass is 19.1. The van der Waals surface area contributed by atoms with Crippen molar-refractivity contribution in [2.24, 2.45) is 5.92 Å². The molecule has 1 amide bonds. The molecule has 4 rings (SSSR count). The van der Waals surface area contributed by atoms with E-state index in [9.17, 15) is 9.18 Å². The molecule has 1 aliphatic heterocycles. The van der Waals surface area contributed by atoms with Crippen molar-refractivity contribution in [1.29, 1.82) is 0 Å². The van der Waals surface area contributed by atoms with Crippen LogP contribution >= 0.6 is 0 Å². The lowest BCUT2D eigenvalue weighted by Gasteiger charge is -2.32. The molecule has 0 spiro atoms. The smallest absolute Gasteiger partial charge is 0.256 e. The average molecular weight is 366 g/mol. The number of nitrogens with zero attached hydrogens (tertiary/aromatic N) is 6. The van der Waals surface area contributed by atoms with Gasteiger partial charge in [0.1, 0.15) is 5.82 Å². The van der Waals surface area contributed by atoms with Crippen LogP contribution in [0.15, 0.2) is 48.8 Å². The molecule has 0 bridgehead atoms. The maximum Gasteiger partial charge on any atom is 0.256 e. The quantitative estimate of drug-likeness (QED) is 0.709. The van der Waals surface area contributed by atoms with E-state index in [1.165, 1.54) is 12.1 Å². The number of hydrogen-bond donors (Lipinski definition) is 0. The number of piperidine rings is 1. The molecule has 1 atom stereocenters. The monoisotopic (exact) mass is 366 g/mol. The van der Waals surface area contributed by atoms with Gasteiger partial charge in [0.2, 0.25) is 5.82 Å². The van der Waals surface area contributed by atoms with Crippen molar-refractivity contribution in [3.63, 3.8) is 0 Å². The van der Waals surface area contributed by atoms with Crippen LogP contribution in [0, 0.1) is 11.7 Å². The molecule has 138 valence electrons. The Morgan fingerprint density at radius 2 is 2.00 bits per heavy atom. The minimum absolute atomic E-state index is 0.122. The SMILES string of the molecule is O=C(c1ccccc1F)N1CCC[C@H](Cn2nnc(-c3ccncc3)n2)C1. The zero-order valence-electron chi connectivity index (χ0n) is 14.7. The normalized spacial score (nSPS) is 17.1. The summed E-state index contributed by atoms with van der Waals surface area (Å²) in [5, 5.41) is 12.6. The molecule has 0 N–H and O–H groups in total. The van der Waals surface area contributed by atoms with Crippen molar-refractivity contribution in [1.82, 2.24) is 30.1 Å². The minimum atomic E-state index is -0.482. The highest BCUT2D eigenvalue weighted by Crippen LogP contribution is 2.21. The standard InChI is InChI=1S/C19H19FN6O/c20-17-6-2-1-5-16(17)19(27)25-11-3-4-14(12-25)13-26-23-18(22-24-26)15-7-9-21-10-8-15/h1-2,5-10,14H,3-4,11-13H2/t14-/m0/s1. The molecular formula is C19H19FN6O. The van der Waals surface area contributed by atoms with E-state index in [1.54, 1.807) is 34.2 Å². The fraction of sp³-hybridized carbons (Fsp3) is 0.316. The van der Waals surface area contributed by atoms with E-state index in [4.69, 9.17) is 0 Å². The van der Waals surface area contributed by atoms with Crippen LogP contribution in [0.5, 0.6) is 0 Å². The Morgan fingerprint density at radius 1 is 1.19 bits per heavy atom. The van der Waals surface area contributed by atoms with Gasteiger partial charge in [-0.05, 0) is 48.2 Å². The number of carbonyl (C=O) groups is 1. The molecule has 1 aliphatic rings. The zero-order chi connectivity index (χ0) is 18.6. The van der Waals surface area contributed by atoms with E-state index >= 15 is 0 Å². The number of likely N-dealkylation sites (tertiary alicyclic amines) is 1. The highest BCUT2D eigenvalue weighted by molar-refractivity contribution is 5.94. The Kier molecular flexibility index (Phi) is 4.86. The third-order valence-electron chi connectivity index (χ3n) is 4.72. The molecule has 0 radical (unpaired) electrons. The van der Waals surface area contributed by atoms with E-state index in [1.807, 2.05) is 12.1 Å². The topological polar surface area (TPSA) is 76.8 Å². The van der Waals surface area contributed by atoms with Gasteiger partial charge >= 0.3 is 0 Å². The van der Waals surface area contributed by atoms with Gasteiger partial charge < -0.3 is 4.90 Å². The van der Waals surface area contributed by atoms with Crippen molar-refractivity contribution in [3.8, 4) is 11.4 Å². The summed E-state index contributed by atoms with van der Waals surface area (Å²) in [4.78, 5) is 19.9.